The lowest BCUT2D eigenvalue weighted by Crippen LogP contribution is -2.49. The third-order valence-electron chi connectivity index (χ3n) is 6.17. The predicted molar refractivity (Wildman–Crippen MR) is 148 cm³/mol. The van der Waals surface area contributed by atoms with Crippen molar-refractivity contribution in [1.29, 1.82) is 0 Å². The Labute approximate surface area is 229 Å². The quantitative estimate of drug-likeness (QED) is 0.492. The van der Waals surface area contributed by atoms with Crippen LogP contribution in [0.3, 0.4) is 0 Å². The van der Waals surface area contributed by atoms with Crippen LogP contribution in [0.4, 0.5) is 18.9 Å². The summed E-state index contributed by atoms with van der Waals surface area (Å²) in [5.74, 6) is -1.21. The molecular formula is C27H43F3N4O3S. The Hall–Kier alpha value is -2.27. The van der Waals surface area contributed by atoms with Gasteiger partial charge in [-0.1, -0.05) is 34.6 Å². The summed E-state index contributed by atoms with van der Waals surface area (Å²) >= 11 is 1.04. The lowest BCUT2D eigenvalue weighted by atomic mass is 10.0. The molecule has 2 aliphatic rings. The average Bonchev–Trinajstić information content (AvgIpc) is 2.91. The number of carbonyl (C=O) groups excluding carboxylic acids is 3. The van der Waals surface area contributed by atoms with Crippen LogP contribution >= 0.6 is 11.8 Å². The first-order valence-electron chi connectivity index (χ1n) is 13.4. The van der Waals surface area contributed by atoms with Gasteiger partial charge in [0.1, 0.15) is 0 Å². The molecule has 11 heteroatoms. The summed E-state index contributed by atoms with van der Waals surface area (Å²) in [6.07, 6.45) is -2.93. The SMILES string of the molecule is CC.CC.CCC(=O)NCCN1C(=O)C(C)(C)Sc2cc(C(F)(F)F)c(C(=O)N(C)[C@@H]3CCCNC3)cc21. The standard InChI is InChI=1S/C23H31F3N4O3S.2C2H6/c1-5-19(31)28-9-10-30-17-11-15(20(32)29(4)14-7-6-8-27-13-14)16(23(24,25)26)12-18(17)34-22(2,3)21(30)33;2*1-2/h11-12,14,27H,5-10,13H2,1-4H3,(H,28,31);2*1-2H3/t14-;;/m1../s1. The molecule has 38 heavy (non-hydrogen) atoms. The second-order valence-electron chi connectivity index (χ2n) is 9.05. The molecule has 0 aliphatic carbocycles. The molecule has 3 rings (SSSR count). The van der Waals surface area contributed by atoms with E-state index in [1.54, 1.807) is 20.8 Å². The maximum Gasteiger partial charge on any atom is 0.417 e. The minimum atomic E-state index is -4.74. The maximum atomic E-state index is 14.1. The molecule has 7 nitrogen and oxygen atoms in total. The predicted octanol–water partition coefficient (Wildman–Crippen LogP) is 5.33. The highest BCUT2D eigenvalue weighted by Gasteiger charge is 2.44. The second-order valence-corrected chi connectivity index (χ2v) is 10.7. The van der Waals surface area contributed by atoms with Crippen LogP contribution < -0.4 is 15.5 Å². The number of nitrogens with one attached hydrogen (secondary N) is 2. The lowest BCUT2D eigenvalue weighted by Gasteiger charge is -2.39. The molecular weight excluding hydrogens is 517 g/mol. The number of halogens is 3. The van der Waals surface area contributed by atoms with Crippen LogP contribution in [0.5, 0.6) is 0 Å². The van der Waals surface area contributed by atoms with Crippen LogP contribution in [0, 0.1) is 0 Å². The average molecular weight is 561 g/mol. The number of hydrogen-bond donors (Lipinski definition) is 2. The number of thioether (sulfide) groups is 1. The van der Waals surface area contributed by atoms with Gasteiger partial charge in [-0.15, -0.1) is 11.8 Å². The van der Waals surface area contributed by atoms with Gasteiger partial charge in [-0.25, -0.2) is 0 Å². The van der Waals surface area contributed by atoms with Crippen molar-refractivity contribution in [2.75, 3.05) is 38.1 Å². The minimum absolute atomic E-state index is 0.0863. The number of likely N-dealkylation sites (N-methyl/N-ethyl adjacent to an activating group) is 1. The fourth-order valence-corrected chi connectivity index (χ4v) is 5.40. The van der Waals surface area contributed by atoms with Crippen molar-refractivity contribution in [2.24, 2.45) is 0 Å². The number of fused-ring (bicyclic) bond motifs is 1. The van der Waals surface area contributed by atoms with Crippen LogP contribution in [-0.4, -0.2) is 66.6 Å². The van der Waals surface area contributed by atoms with Crippen molar-refractivity contribution < 1.29 is 27.6 Å². The fraction of sp³-hybridized carbons (Fsp3) is 0.667. The number of alkyl halides is 3. The number of rotatable bonds is 6. The van der Waals surface area contributed by atoms with E-state index in [1.807, 2.05) is 27.7 Å². The van der Waals surface area contributed by atoms with E-state index in [-0.39, 0.29) is 47.9 Å². The van der Waals surface area contributed by atoms with Gasteiger partial charge in [0.2, 0.25) is 11.8 Å². The summed E-state index contributed by atoms with van der Waals surface area (Å²) < 4.78 is 41.2. The molecule has 1 saturated heterocycles. The zero-order chi connectivity index (χ0) is 29.3. The van der Waals surface area contributed by atoms with Crippen LogP contribution in [-0.2, 0) is 15.8 Å². The van der Waals surface area contributed by atoms with Crippen molar-refractivity contribution >= 4 is 35.2 Å². The third kappa shape index (κ3) is 8.11. The fourth-order valence-electron chi connectivity index (χ4n) is 4.20. The van der Waals surface area contributed by atoms with E-state index in [0.717, 1.165) is 30.8 Å². The topological polar surface area (TPSA) is 81.8 Å². The van der Waals surface area contributed by atoms with E-state index < -0.39 is 28.0 Å². The van der Waals surface area contributed by atoms with Crippen LogP contribution in [0.1, 0.15) is 83.7 Å². The highest BCUT2D eigenvalue weighted by molar-refractivity contribution is 8.01. The van der Waals surface area contributed by atoms with E-state index >= 15 is 0 Å². The number of anilines is 1. The lowest BCUT2D eigenvalue weighted by molar-refractivity contribution is -0.138. The summed E-state index contributed by atoms with van der Waals surface area (Å²) in [6.45, 7) is 14.6. The van der Waals surface area contributed by atoms with Gasteiger partial charge >= 0.3 is 6.18 Å². The molecule has 2 aliphatic heterocycles. The van der Waals surface area contributed by atoms with Gasteiger partial charge < -0.3 is 20.4 Å². The summed E-state index contributed by atoms with van der Waals surface area (Å²) in [6, 6.07) is 1.95. The van der Waals surface area contributed by atoms with Gasteiger partial charge in [0, 0.05) is 44.0 Å². The molecule has 2 heterocycles. The van der Waals surface area contributed by atoms with Gasteiger partial charge in [0.15, 0.2) is 0 Å². The van der Waals surface area contributed by atoms with Crippen LogP contribution in [0.15, 0.2) is 17.0 Å². The molecule has 1 aromatic carbocycles. The Bertz CT molecular complexity index is 964. The van der Waals surface area contributed by atoms with E-state index in [9.17, 15) is 27.6 Å². The first-order valence-corrected chi connectivity index (χ1v) is 14.2. The van der Waals surface area contributed by atoms with E-state index in [1.165, 1.54) is 22.9 Å². The van der Waals surface area contributed by atoms with Crippen LogP contribution in [0.2, 0.25) is 0 Å². The van der Waals surface area contributed by atoms with E-state index in [2.05, 4.69) is 10.6 Å². The molecule has 1 aromatic rings. The monoisotopic (exact) mass is 560 g/mol. The minimum Gasteiger partial charge on any atom is -0.354 e. The molecule has 0 aromatic heterocycles. The molecule has 0 radical (unpaired) electrons. The van der Waals surface area contributed by atoms with Crippen molar-refractivity contribution in [1.82, 2.24) is 15.5 Å². The van der Waals surface area contributed by atoms with Crippen molar-refractivity contribution in [3.05, 3.63) is 23.3 Å². The Balaban J connectivity index is 0.00000172. The van der Waals surface area contributed by atoms with Crippen molar-refractivity contribution in [3.63, 3.8) is 0 Å². The number of nitrogens with zero attached hydrogens (tertiary/aromatic N) is 2. The molecule has 1 fully saturated rings. The molecule has 216 valence electrons. The first kappa shape index (κ1) is 33.8. The van der Waals surface area contributed by atoms with Gasteiger partial charge in [-0.05, 0) is 45.4 Å². The van der Waals surface area contributed by atoms with Gasteiger partial charge in [0.25, 0.3) is 5.91 Å². The number of piperidine rings is 1. The molecule has 0 saturated carbocycles. The molecule has 0 bridgehead atoms. The normalized spacial score (nSPS) is 18.2. The summed E-state index contributed by atoms with van der Waals surface area (Å²) in [5.41, 5.74) is -1.23. The smallest absolute Gasteiger partial charge is 0.354 e. The Morgan fingerprint density at radius 2 is 1.84 bits per heavy atom. The highest BCUT2D eigenvalue weighted by Crippen LogP contribution is 2.48. The number of carbonyl (C=O) groups is 3. The van der Waals surface area contributed by atoms with Crippen molar-refractivity contribution in [2.45, 2.75) is 89.6 Å². The maximum absolute atomic E-state index is 14.1. The zero-order valence-electron chi connectivity index (χ0n) is 23.8. The number of amides is 3. The Morgan fingerprint density at radius 1 is 1.21 bits per heavy atom. The summed E-state index contributed by atoms with van der Waals surface area (Å²) in [7, 11) is 1.51. The van der Waals surface area contributed by atoms with Gasteiger partial charge in [-0.3, -0.25) is 14.4 Å². The number of hydrogen-bond acceptors (Lipinski definition) is 5. The van der Waals surface area contributed by atoms with Gasteiger partial charge in [-0.2, -0.15) is 13.2 Å². The summed E-state index contributed by atoms with van der Waals surface area (Å²) in [5, 5.41) is 5.86. The molecule has 0 unspecified atom stereocenters. The molecule has 3 amide bonds. The van der Waals surface area contributed by atoms with E-state index in [0.29, 0.717) is 13.0 Å². The van der Waals surface area contributed by atoms with E-state index in [4.69, 9.17) is 0 Å². The van der Waals surface area contributed by atoms with Crippen molar-refractivity contribution in [3.8, 4) is 0 Å². The summed E-state index contributed by atoms with van der Waals surface area (Å²) in [4.78, 5) is 41.1. The molecule has 2 N–H and O–H groups in total. The largest absolute Gasteiger partial charge is 0.417 e. The Morgan fingerprint density at radius 3 is 2.37 bits per heavy atom. The zero-order valence-corrected chi connectivity index (χ0v) is 24.7. The molecule has 1 atom stereocenters. The second kappa shape index (κ2) is 14.8. The number of benzene rings is 1. The first-order chi connectivity index (χ1) is 17.9. The molecule has 0 spiro atoms. The highest BCUT2D eigenvalue weighted by atomic mass is 32.2. The van der Waals surface area contributed by atoms with Crippen LogP contribution in [0.25, 0.3) is 0 Å². The Kier molecular flexibility index (Phi) is 13.1. The third-order valence-corrected chi connectivity index (χ3v) is 7.40. The van der Waals surface area contributed by atoms with Gasteiger partial charge in [0.05, 0.1) is 21.6 Å².